The number of thiocarbonyl (C=S) groups is 1. The van der Waals surface area contributed by atoms with Crippen LogP contribution in [0.5, 0.6) is 0 Å². The van der Waals surface area contributed by atoms with Crippen LogP contribution in [0.15, 0.2) is 83.5 Å². The van der Waals surface area contributed by atoms with Gasteiger partial charge in [0.25, 0.3) is 5.91 Å². The van der Waals surface area contributed by atoms with E-state index in [4.69, 9.17) is 16.6 Å². The van der Waals surface area contributed by atoms with E-state index in [0.717, 1.165) is 11.1 Å². The predicted octanol–water partition coefficient (Wildman–Crippen LogP) is 2.75. The Balaban J connectivity index is 1.66. The lowest BCUT2D eigenvalue weighted by Crippen LogP contribution is -2.49. The third-order valence-electron chi connectivity index (χ3n) is 3.80. The normalized spacial score (nSPS) is 10.3. The quantitative estimate of drug-likeness (QED) is 0.480. The van der Waals surface area contributed by atoms with Gasteiger partial charge in [-0.05, 0) is 35.5 Å². The summed E-state index contributed by atoms with van der Waals surface area (Å²) in [5, 5.41) is 2.39. The first-order valence-electron chi connectivity index (χ1n) is 8.19. The van der Waals surface area contributed by atoms with Crippen molar-refractivity contribution in [1.29, 1.82) is 0 Å². The van der Waals surface area contributed by atoms with Crippen LogP contribution >= 0.6 is 12.2 Å². The van der Waals surface area contributed by atoms with Gasteiger partial charge in [0.1, 0.15) is 0 Å². The maximum atomic E-state index is 12.8. The number of carbonyl (C=O) groups excluding carboxylic acids is 2. The van der Waals surface area contributed by atoms with E-state index in [1.165, 1.54) is 12.3 Å². The zero-order chi connectivity index (χ0) is 19.1. The Hall–Kier alpha value is -3.45. The summed E-state index contributed by atoms with van der Waals surface area (Å²) in [7, 11) is 0. The van der Waals surface area contributed by atoms with Crippen molar-refractivity contribution >= 4 is 29.1 Å². The second-order valence-corrected chi connectivity index (χ2v) is 6.04. The second kappa shape index (κ2) is 8.77. The van der Waals surface area contributed by atoms with Crippen LogP contribution in [0.3, 0.4) is 0 Å². The Bertz CT molecular complexity index is 873. The number of nitrogens with one attached hydrogen (secondary N) is 3. The molecule has 0 atom stereocenters. The minimum atomic E-state index is -0.525. The number of hydrazine groups is 1. The highest BCUT2D eigenvalue weighted by Crippen LogP contribution is 2.24. The van der Waals surface area contributed by atoms with Crippen molar-refractivity contribution in [3.05, 3.63) is 95.9 Å². The molecule has 0 radical (unpaired) electrons. The largest absolute Gasteiger partial charge is 0.459 e. The average molecular weight is 379 g/mol. The van der Waals surface area contributed by atoms with Crippen molar-refractivity contribution in [3.63, 3.8) is 0 Å². The standard InChI is InChI=1S/C20H17N3O3S/c24-18(16-12-7-13-26-16)21-20(27)23-22-19(25)17(14-8-3-1-4-9-14)15-10-5-2-6-11-15/h1-13,17H,(H,22,25)(H2,21,23,24,27). The first-order valence-corrected chi connectivity index (χ1v) is 8.60. The maximum Gasteiger partial charge on any atom is 0.293 e. The Morgan fingerprint density at radius 1 is 0.815 bits per heavy atom. The summed E-state index contributed by atoms with van der Waals surface area (Å²) < 4.78 is 4.99. The fraction of sp³-hybridized carbons (Fsp3) is 0.0500. The summed E-state index contributed by atoms with van der Waals surface area (Å²) in [5.74, 6) is -1.21. The van der Waals surface area contributed by atoms with Gasteiger partial charge in [-0.15, -0.1) is 0 Å². The molecule has 0 spiro atoms. The molecule has 0 saturated heterocycles. The first kappa shape index (κ1) is 18.3. The smallest absolute Gasteiger partial charge is 0.293 e. The summed E-state index contributed by atoms with van der Waals surface area (Å²) in [6.07, 6.45) is 1.39. The van der Waals surface area contributed by atoms with E-state index in [-0.39, 0.29) is 16.8 Å². The zero-order valence-electron chi connectivity index (χ0n) is 14.2. The minimum Gasteiger partial charge on any atom is -0.459 e. The number of hydrogen-bond donors (Lipinski definition) is 3. The van der Waals surface area contributed by atoms with Gasteiger partial charge in [0.15, 0.2) is 10.9 Å². The summed E-state index contributed by atoms with van der Waals surface area (Å²) in [6, 6.07) is 21.9. The maximum absolute atomic E-state index is 12.8. The van der Waals surface area contributed by atoms with Crippen LogP contribution in [0, 0.1) is 0 Å². The molecule has 1 heterocycles. The lowest BCUT2D eigenvalue weighted by Gasteiger charge is -2.18. The highest BCUT2D eigenvalue weighted by atomic mass is 32.1. The van der Waals surface area contributed by atoms with E-state index >= 15 is 0 Å². The Labute approximate surface area is 161 Å². The van der Waals surface area contributed by atoms with Crippen molar-refractivity contribution in [3.8, 4) is 0 Å². The van der Waals surface area contributed by atoms with Crippen LogP contribution in [0.2, 0.25) is 0 Å². The van der Waals surface area contributed by atoms with Crippen molar-refractivity contribution in [2.24, 2.45) is 0 Å². The van der Waals surface area contributed by atoms with Crippen molar-refractivity contribution < 1.29 is 14.0 Å². The number of hydrogen-bond acceptors (Lipinski definition) is 4. The Kier molecular flexibility index (Phi) is 5.96. The minimum absolute atomic E-state index is 0.0374. The number of rotatable bonds is 4. The lowest BCUT2D eigenvalue weighted by molar-refractivity contribution is -0.122. The molecule has 3 aromatic rings. The fourth-order valence-corrected chi connectivity index (χ4v) is 2.72. The second-order valence-electron chi connectivity index (χ2n) is 5.63. The molecule has 6 nitrogen and oxygen atoms in total. The van der Waals surface area contributed by atoms with Gasteiger partial charge >= 0.3 is 0 Å². The van der Waals surface area contributed by atoms with Crippen LogP contribution in [0.25, 0.3) is 0 Å². The Morgan fingerprint density at radius 3 is 1.93 bits per heavy atom. The predicted molar refractivity (Wildman–Crippen MR) is 105 cm³/mol. The Morgan fingerprint density at radius 2 is 1.41 bits per heavy atom. The van der Waals surface area contributed by atoms with E-state index in [0.29, 0.717) is 0 Å². The van der Waals surface area contributed by atoms with E-state index in [2.05, 4.69) is 16.2 Å². The van der Waals surface area contributed by atoms with Crippen LogP contribution in [0.4, 0.5) is 0 Å². The van der Waals surface area contributed by atoms with Crippen molar-refractivity contribution in [2.45, 2.75) is 5.92 Å². The summed E-state index contributed by atoms with van der Waals surface area (Å²) in [6.45, 7) is 0. The zero-order valence-corrected chi connectivity index (χ0v) is 15.0. The van der Waals surface area contributed by atoms with Crippen LogP contribution in [-0.4, -0.2) is 16.9 Å². The van der Waals surface area contributed by atoms with Crippen molar-refractivity contribution in [1.82, 2.24) is 16.2 Å². The van der Waals surface area contributed by atoms with E-state index in [1.807, 2.05) is 60.7 Å². The molecule has 2 amide bonds. The van der Waals surface area contributed by atoms with Crippen LogP contribution in [0.1, 0.15) is 27.6 Å². The fourth-order valence-electron chi connectivity index (χ4n) is 2.58. The average Bonchev–Trinajstić information content (AvgIpc) is 3.23. The molecule has 1 aromatic heterocycles. The lowest BCUT2D eigenvalue weighted by atomic mass is 9.91. The van der Waals surface area contributed by atoms with Crippen LogP contribution in [-0.2, 0) is 4.79 Å². The van der Waals surface area contributed by atoms with E-state index in [1.54, 1.807) is 6.07 Å². The molecule has 0 aliphatic carbocycles. The molecule has 0 saturated carbocycles. The molecule has 136 valence electrons. The highest BCUT2D eigenvalue weighted by Gasteiger charge is 2.22. The third kappa shape index (κ3) is 4.80. The molecule has 7 heteroatoms. The molecule has 0 aliphatic heterocycles. The topological polar surface area (TPSA) is 83.4 Å². The molecular formula is C20H17N3O3S. The molecule has 0 bridgehead atoms. The molecule has 0 fully saturated rings. The molecule has 3 rings (SSSR count). The van der Waals surface area contributed by atoms with Crippen LogP contribution < -0.4 is 16.2 Å². The SMILES string of the molecule is O=C(NC(=S)NNC(=O)C(c1ccccc1)c1ccccc1)c1ccco1. The first-order chi connectivity index (χ1) is 13.1. The number of benzene rings is 2. The third-order valence-corrected chi connectivity index (χ3v) is 4.00. The van der Waals surface area contributed by atoms with Gasteiger partial charge in [-0.25, -0.2) is 0 Å². The molecule has 3 N–H and O–H groups in total. The molecule has 0 aliphatic rings. The van der Waals surface area contributed by atoms with Gasteiger partial charge in [-0.2, -0.15) is 0 Å². The van der Waals surface area contributed by atoms with Gasteiger partial charge < -0.3 is 4.42 Å². The summed E-state index contributed by atoms with van der Waals surface area (Å²) in [4.78, 5) is 24.7. The highest BCUT2D eigenvalue weighted by molar-refractivity contribution is 7.80. The van der Waals surface area contributed by atoms with Gasteiger partial charge in [-0.1, -0.05) is 60.7 Å². The van der Waals surface area contributed by atoms with Gasteiger partial charge in [0.05, 0.1) is 12.2 Å². The van der Waals surface area contributed by atoms with Crippen molar-refractivity contribution in [2.75, 3.05) is 0 Å². The number of furan rings is 1. The monoisotopic (exact) mass is 379 g/mol. The summed E-state index contributed by atoms with van der Waals surface area (Å²) in [5.41, 5.74) is 6.79. The van der Waals surface area contributed by atoms with E-state index < -0.39 is 11.8 Å². The summed E-state index contributed by atoms with van der Waals surface area (Å²) >= 11 is 5.04. The molecule has 0 unspecified atom stereocenters. The van der Waals surface area contributed by atoms with E-state index in [9.17, 15) is 9.59 Å². The molecular weight excluding hydrogens is 362 g/mol. The van der Waals surface area contributed by atoms with Gasteiger partial charge in [-0.3, -0.25) is 25.8 Å². The van der Waals surface area contributed by atoms with Gasteiger partial charge in [0.2, 0.25) is 5.91 Å². The molecule has 2 aromatic carbocycles. The molecule has 27 heavy (non-hydrogen) atoms. The van der Waals surface area contributed by atoms with Gasteiger partial charge in [0, 0.05) is 0 Å². The number of carbonyl (C=O) groups is 2. The number of amides is 2.